The summed E-state index contributed by atoms with van der Waals surface area (Å²) in [6.07, 6.45) is -1.12. The molecule has 7 rings (SSSR count). The van der Waals surface area contributed by atoms with Crippen molar-refractivity contribution in [3.05, 3.63) is 66.1 Å². The minimum Gasteiger partial charge on any atom is -0.479 e. The minimum atomic E-state index is -3.13. The predicted molar refractivity (Wildman–Crippen MR) is 176 cm³/mol. The number of fused-ring (bicyclic) bond motifs is 5. The quantitative estimate of drug-likeness (QED) is 0.250. The van der Waals surface area contributed by atoms with E-state index in [-0.39, 0.29) is 37.9 Å². The average Bonchev–Trinajstić information content (AvgIpc) is 3.37. The SMILES string of the molecule is Cc1cc(C(=O)N[C@H]2CCCCCC(F)(F)CC3C[C@@]3(C(=O)O)NC(=O)[C@@H]3C[C@@H](Oc4nc5ccccc5c5ccccc45)CN3C2=O)no1. The van der Waals surface area contributed by atoms with E-state index in [9.17, 15) is 33.1 Å². The van der Waals surface area contributed by atoms with Gasteiger partial charge in [0.15, 0.2) is 5.69 Å². The third-order valence-corrected chi connectivity index (χ3v) is 10.1. The summed E-state index contributed by atoms with van der Waals surface area (Å²) in [7, 11) is 0. The monoisotopic (exact) mass is 689 g/mol. The molecule has 2 aliphatic heterocycles. The first-order valence-electron chi connectivity index (χ1n) is 16.9. The van der Waals surface area contributed by atoms with Crippen LogP contribution in [0.2, 0.25) is 0 Å². The highest BCUT2D eigenvalue weighted by Crippen LogP contribution is 2.51. The number of carbonyl (C=O) groups excluding carboxylic acids is 3. The lowest BCUT2D eigenvalue weighted by Crippen LogP contribution is -2.56. The van der Waals surface area contributed by atoms with Crippen LogP contribution >= 0.6 is 0 Å². The number of para-hydroxylation sites is 1. The summed E-state index contributed by atoms with van der Waals surface area (Å²) in [5.41, 5.74) is -1.23. The number of hydrogen-bond donors (Lipinski definition) is 3. The van der Waals surface area contributed by atoms with Crippen LogP contribution in [-0.4, -0.2) is 80.0 Å². The molecule has 5 atom stereocenters. The Balaban J connectivity index is 1.22. The van der Waals surface area contributed by atoms with Crippen molar-refractivity contribution >= 4 is 45.4 Å². The zero-order valence-corrected chi connectivity index (χ0v) is 27.4. The molecule has 262 valence electrons. The van der Waals surface area contributed by atoms with Crippen LogP contribution in [0.25, 0.3) is 21.7 Å². The van der Waals surface area contributed by atoms with E-state index < -0.39 is 72.1 Å². The van der Waals surface area contributed by atoms with Crippen LogP contribution in [-0.2, 0) is 14.4 Å². The van der Waals surface area contributed by atoms with E-state index in [4.69, 9.17) is 14.2 Å². The van der Waals surface area contributed by atoms with E-state index in [0.29, 0.717) is 30.0 Å². The summed E-state index contributed by atoms with van der Waals surface area (Å²) in [5, 5.41) is 21.7. The molecule has 3 N–H and O–H groups in total. The lowest BCUT2D eigenvalue weighted by atomic mass is 10.00. The number of amides is 3. The first-order chi connectivity index (χ1) is 23.9. The topological polar surface area (TPSA) is 164 Å². The van der Waals surface area contributed by atoms with Gasteiger partial charge in [0.2, 0.25) is 23.6 Å². The van der Waals surface area contributed by atoms with Crippen LogP contribution < -0.4 is 15.4 Å². The number of aryl methyl sites for hydroxylation is 1. The maximum Gasteiger partial charge on any atom is 0.329 e. The van der Waals surface area contributed by atoms with Gasteiger partial charge < -0.3 is 29.9 Å². The van der Waals surface area contributed by atoms with Crippen molar-refractivity contribution in [3.8, 4) is 5.88 Å². The molecule has 50 heavy (non-hydrogen) atoms. The molecule has 1 saturated carbocycles. The van der Waals surface area contributed by atoms with Crippen molar-refractivity contribution in [1.82, 2.24) is 25.7 Å². The number of halogens is 2. The molecule has 2 saturated heterocycles. The number of aromatic nitrogens is 2. The standard InChI is InChI=1S/C36H37F2N5O7/c1-20-15-28(42-50-20)30(44)39-27-13-3-2-8-14-35(37,38)17-21-18-36(21,34(47)48)41-31(45)29-16-22(19-43(29)33(27)46)49-32-25-11-5-4-9-23(25)24-10-6-7-12-26(24)40-32/h4-7,9-12,15,21-22,27,29H,2-3,8,13-14,16-19H2,1H3,(H,39,44)(H,41,45)(H,47,48)/t21?,22-,27+,29+,36-/m1/s1. The van der Waals surface area contributed by atoms with Crippen molar-refractivity contribution in [2.45, 2.75) is 87.9 Å². The number of rotatable bonds is 5. The van der Waals surface area contributed by atoms with Crippen molar-refractivity contribution in [2.75, 3.05) is 6.54 Å². The molecule has 14 heteroatoms. The number of pyridine rings is 1. The molecule has 1 aliphatic carbocycles. The molecule has 4 heterocycles. The van der Waals surface area contributed by atoms with Crippen LogP contribution in [0.1, 0.15) is 67.6 Å². The van der Waals surface area contributed by atoms with Crippen molar-refractivity contribution in [2.24, 2.45) is 5.92 Å². The van der Waals surface area contributed by atoms with Crippen LogP contribution in [0, 0.1) is 12.8 Å². The van der Waals surface area contributed by atoms with Crippen molar-refractivity contribution < 1.29 is 42.3 Å². The molecular formula is C36H37F2N5O7. The Morgan fingerprint density at radius 3 is 2.52 bits per heavy atom. The smallest absolute Gasteiger partial charge is 0.329 e. The Labute approximate surface area is 285 Å². The van der Waals surface area contributed by atoms with E-state index in [1.165, 1.54) is 11.0 Å². The van der Waals surface area contributed by atoms with Gasteiger partial charge in [0.25, 0.3) is 5.91 Å². The maximum absolute atomic E-state index is 15.0. The highest BCUT2D eigenvalue weighted by Gasteiger charge is 2.64. The van der Waals surface area contributed by atoms with Crippen LogP contribution in [0.5, 0.6) is 5.88 Å². The van der Waals surface area contributed by atoms with E-state index in [2.05, 4.69) is 15.8 Å². The second-order valence-corrected chi connectivity index (χ2v) is 13.6. The molecule has 3 amide bonds. The Morgan fingerprint density at radius 2 is 1.78 bits per heavy atom. The average molecular weight is 690 g/mol. The van der Waals surface area contributed by atoms with Gasteiger partial charge in [-0.2, -0.15) is 0 Å². The molecule has 12 nitrogen and oxygen atoms in total. The summed E-state index contributed by atoms with van der Waals surface area (Å²) in [4.78, 5) is 60.0. The summed E-state index contributed by atoms with van der Waals surface area (Å²) in [6.45, 7) is 1.54. The zero-order valence-electron chi connectivity index (χ0n) is 27.4. The fraction of sp³-hybridized carbons (Fsp3) is 0.444. The van der Waals surface area contributed by atoms with E-state index in [1.54, 1.807) is 6.92 Å². The molecular weight excluding hydrogens is 652 g/mol. The summed E-state index contributed by atoms with van der Waals surface area (Å²) in [6, 6.07) is 14.2. The highest BCUT2D eigenvalue weighted by molar-refractivity contribution is 6.07. The number of ether oxygens (including phenoxy) is 1. The van der Waals surface area contributed by atoms with Crippen LogP contribution in [0.15, 0.2) is 59.1 Å². The third-order valence-electron chi connectivity index (χ3n) is 10.1. The molecule has 0 radical (unpaired) electrons. The van der Waals surface area contributed by atoms with E-state index in [0.717, 1.165) is 16.2 Å². The first-order valence-corrected chi connectivity index (χ1v) is 16.9. The maximum atomic E-state index is 15.0. The van der Waals surface area contributed by atoms with Crippen LogP contribution in [0.3, 0.4) is 0 Å². The lowest BCUT2D eigenvalue weighted by molar-refractivity contribution is -0.146. The van der Waals surface area contributed by atoms with Gasteiger partial charge in [-0.05, 0) is 43.7 Å². The number of carboxylic acids is 1. The summed E-state index contributed by atoms with van der Waals surface area (Å²) in [5.74, 6) is -6.85. The first kappa shape index (κ1) is 33.4. The molecule has 4 aromatic rings. The van der Waals surface area contributed by atoms with Gasteiger partial charge in [0.05, 0.1) is 12.1 Å². The molecule has 3 fully saturated rings. The Hall–Kier alpha value is -5.14. The highest BCUT2D eigenvalue weighted by atomic mass is 19.3. The number of alkyl halides is 2. The van der Waals surface area contributed by atoms with Gasteiger partial charge >= 0.3 is 5.97 Å². The summed E-state index contributed by atoms with van der Waals surface area (Å²) < 4.78 is 41.4. The molecule has 0 bridgehead atoms. The second-order valence-electron chi connectivity index (χ2n) is 13.6. The molecule has 1 unspecified atom stereocenters. The molecule has 3 aliphatic rings. The Kier molecular flexibility index (Phi) is 8.64. The number of carboxylic acid groups (broad SMARTS) is 1. The van der Waals surface area contributed by atoms with Gasteiger partial charge in [-0.15, -0.1) is 0 Å². The Morgan fingerprint density at radius 1 is 1.04 bits per heavy atom. The fourth-order valence-electron chi connectivity index (χ4n) is 7.38. The number of hydrogen-bond acceptors (Lipinski definition) is 8. The van der Waals surface area contributed by atoms with Gasteiger partial charge in [-0.1, -0.05) is 54.4 Å². The number of nitrogens with zero attached hydrogens (tertiary/aromatic N) is 3. The molecule has 2 aromatic heterocycles. The third kappa shape index (κ3) is 6.46. The fourth-order valence-corrected chi connectivity index (χ4v) is 7.38. The largest absolute Gasteiger partial charge is 0.479 e. The van der Waals surface area contributed by atoms with Crippen LogP contribution in [0.4, 0.5) is 8.78 Å². The number of aliphatic carboxylic acids is 1. The van der Waals surface area contributed by atoms with Gasteiger partial charge in [0, 0.05) is 42.0 Å². The minimum absolute atomic E-state index is 0.0277. The van der Waals surface area contributed by atoms with Gasteiger partial charge in [-0.3, -0.25) is 14.4 Å². The summed E-state index contributed by atoms with van der Waals surface area (Å²) >= 11 is 0. The Bertz CT molecular complexity index is 1980. The second kappa shape index (κ2) is 13.0. The number of nitrogens with one attached hydrogen (secondary N) is 2. The zero-order chi connectivity index (χ0) is 35.2. The van der Waals surface area contributed by atoms with E-state index >= 15 is 0 Å². The molecule has 0 spiro atoms. The molecule has 2 aromatic carbocycles. The number of carbonyl (C=O) groups is 4. The normalized spacial score (nSPS) is 27.1. The van der Waals surface area contributed by atoms with Crippen molar-refractivity contribution in [3.63, 3.8) is 0 Å². The van der Waals surface area contributed by atoms with Gasteiger partial charge in [-0.25, -0.2) is 18.6 Å². The predicted octanol–water partition coefficient (Wildman–Crippen LogP) is 4.78. The number of benzene rings is 2. The lowest BCUT2D eigenvalue weighted by Gasteiger charge is -2.29. The van der Waals surface area contributed by atoms with Gasteiger partial charge in [0.1, 0.15) is 29.5 Å². The van der Waals surface area contributed by atoms with Crippen molar-refractivity contribution in [1.29, 1.82) is 0 Å². The van der Waals surface area contributed by atoms with E-state index in [1.807, 2.05) is 48.5 Å².